The van der Waals surface area contributed by atoms with Crippen LogP contribution in [0.2, 0.25) is 0 Å². The van der Waals surface area contributed by atoms with Gasteiger partial charge in [0.1, 0.15) is 28.6 Å². The highest BCUT2D eigenvalue weighted by Gasteiger charge is 2.48. The van der Waals surface area contributed by atoms with Gasteiger partial charge >= 0.3 is 6.01 Å². The van der Waals surface area contributed by atoms with Gasteiger partial charge in [-0.25, -0.2) is 8.78 Å². The quantitative estimate of drug-likeness (QED) is 0.238. The van der Waals surface area contributed by atoms with Crippen molar-refractivity contribution in [1.82, 2.24) is 19.9 Å². The molecule has 0 bridgehead atoms. The summed E-state index contributed by atoms with van der Waals surface area (Å²) < 4.78 is 43.9. The van der Waals surface area contributed by atoms with E-state index in [1.165, 1.54) is 24.4 Å². The van der Waals surface area contributed by atoms with Crippen molar-refractivity contribution in [3.05, 3.63) is 47.7 Å². The highest BCUT2D eigenvalue weighted by Crippen LogP contribution is 2.48. The average molecular weight is 648 g/mol. The molecule has 2 N–H and O–H groups in total. The molecule has 47 heavy (non-hydrogen) atoms. The number of fused-ring (bicyclic) bond motifs is 3. The number of rotatable bonds is 8. The van der Waals surface area contributed by atoms with Crippen LogP contribution in [-0.2, 0) is 11.2 Å². The predicted octanol–water partition coefficient (Wildman–Crippen LogP) is 6.01. The summed E-state index contributed by atoms with van der Waals surface area (Å²) in [6.45, 7) is 7.89. The fourth-order valence-electron chi connectivity index (χ4n) is 8.31. The number of halogens is 2. The molecule has 0 spiro atoms. The Labute approximate surface area is 273 Å². The Bertz CT molecular complexity index is 1790. The number of aromatic hydroxyl groups is 1. The van der Waals surface area contributed by atoms with E-state index in [1.54, 1.807) is 6.07 Å². The first-order chi connectivity index (χ1) is 22.8. The number of hydrogen-bond donors (Lipinski definition) is 2. The first kappa shape index (κ1) is 31.9. The number of nitrogens with zero attached hydrogens (tertiary/aromatic N) is 5. The number of phenolic OH excluding ortho intramolecular Hbond substituents is 1. The molecule has 11 heteroatoms. The Kier molecular flexibility index (Phi) is 8.88. The topological polar surface area (TPSA) is 104 Å². The number of pyridine rings is 1. The molecule has 3 aliphatic rings. The van der Waals surface area contributed by atoms with E-state index in [1.807, 2.05) is 11.8 Å². The summed E-state index contributed by atoms with van der Waals surface area (Å²) in [5, 5.41) is 22.6. The second kappa shape index (κ2) is 13.1. The van der Waals surface area contributed by atoms with Crippen LogP contribution in [0.4, 0.5) is 14.6 Å². The minimum Gasteiger partial charge on any atom is -0.508 e. The van der Waals surface area contributed by atoms with Gasteiger partial charge in [-0.3, -0.25) is 9.88 Å². The lowest BCUT2D eigenvalue weighted by Gasteiger charge is -2.46. The molecule has 0 amide bonds. The fraction of sp³-hybridized carbons (Fsp3) is 0.528. The van der Waals surface area contributed by atoms with E-state index >= 15 is 4.39 Å². The largest absolute Gasteiger partial charge is 0.508 e. The molecule has 1 saturated carbocycles. The molecular weight excluding hydrogens is 604 g/mol. The summed E-state index contributed by atoms with van der Waals surface area (Å²) in [6.07, 6.45) is 7.76. The van der Waals surface area contributed by atoms with E-state index in [-0.39, 0.29) is 47.1 Å². The zero-order valence-corrected chi connectivity index (χ0v) is 27.1. The monoisotopic (exact) mass is 647 g/mol. The van der Waals surface area contributed by atoms with Crippen LogP contribution >= 0.6 is 0 Å². The summed E-state index contributed by atoms with van der Waals surface area (Å²) >= 11 is 0. The highest BCUT2D eigenvalue weighted by atomic mass is 19.1. The molecular formula is C36H43F2N5O4. The molecule has 1 aliphatic carbocycles. The number of aromatic nitrogens is 3. The van der Waals surface area contributed by atoms with Crippen molar-refractivity contribution in [3.63, 3.8) is 0 Å². The van der Waals surface area contributed by atoms with Crippen molar-refractivity contribution in [2.45, 2.75) is 70.9 Å². The zero-order chi connectivity index (χ0) is 32.7. The van der Waals surface area contributed by atoms with Crippen LogP contribution in [0.5, 0.6) is 11.8 Å². The standard InChI is InChI=1S/C36H43F2N5O4/c1-3-12-42-13-6-11-36(10-5-7-29(36)42)21-47-35-40-33-27(34(41-35)43-14-15-46-20-24(45)19-43)18-39-32(31(33)38)26-17-23(44)16-22-8-9-28(37)25(4-2)30(22)26/h8-9,16-18,24,29,44-45H,3-7,10-15,19-21H2,1-2H3. The molecule has 3 unspecified atom stereocenters. The number of phenols is 1. The van der Waals surface area contributed by atoms with Crippen LogP contribution in [0.15, 0.2) is 30.5 Å². The maximum absolute atomic E-state index is 16.9. The highest BCUT2D eigenvalue weighted by molar-refractivity contribution is 6.01. The van der Waals surface area contributed by atoms with Gasteiger partial charge in [0.25, 0.3) is 0 Å². The number of benzene rings is 2. The molecule has 7 rings (SSSR count). The molecule has 250 valence electrons. The van der Waals surface area contributed by atoms with Gasteiger partial charge in [-0.2, -0.15) is 9.97 Å². The molecule has 2 aliphatic heterocycles. The second-order valence-electron chi connectivity index (χ2n) is 13.4. The van der Waals surface area contributed by atoms with Gasteiger partial charge in [-0.15, -0.1) is 0 Å². The van der Waals surface area contributed by atoms with E-state index in [0.29, 0.717) is 59.8 Å². The maximum atomic E-state index is 16.9. The lowest BCUT2D eigenvalue weighted by Crippen LogP contribution is -2.52. The molecule has 4 aromatic rings. The number of likely N-dealkylation sites (tertiary alicyclic amines) is 1. The van der Waals surface area contributed by atoms with Gasteiger partial charge in [-0.1, -0.05) is 26.3 Å². The molecule has 2 saturated heterocycles. The Balaban J connectivity index is 1.35. The lowest BCUT2D eigenvalue weighted by atomic mass is 9.75. The Hall–Kier alpha value is -3.67. The van der Waals surface area contributed by atoms with Crippen molar-refractivity contribution in [2.24, 2.45) is 5.41 Å². The Morgan fingerprint density at radius 1 is 1.11 bits per heavy atom. The van der Waals surface area contributed by atoms with Crippen LogP contribution in [0.25, 0.3) is 32.9 Å². The fourth-order valence-corrected chi connectivity index (χ4v) is 8.31. The van der Waals surface area contributed by atoms with Gasteiger partial charge < -0.3 is 24.6 Å². The van der Waals surface area contributed by atoms with E-state index in [0.717, 1.165) is 51.6 Å². The Morgan fingerprint density at radius 2 is 1.96 bits per heavy atom. The van der Waals surface area contributed by atoms with Crippen LogP contribution < -0.4 is 9.64 Å². The number of ether oxygens (including phenoxy) is 2. The van der Waals surface area contributed by atoms with Gasteiger partial charge in [0.05, 0.1) is 31.3 Å². The first-order valence-electron chi connectivity index (χ1n) is 17.0. The van der Waals surface area contributed by atoms with Crippen molar-refractivity contribution in [3.8, 4) is 23.0 Å². The summed E-state index contributed by atoms with van der Waals surface area (Å²) in [6, 6.07) is 6.40. The third-order valence-corrected chi connectivity index (χ3v) is 10.4. The molecule has 2 aromatic carbocycles. The van der Waals surface area contributed by atoms with Crippen molar-refractivity contribution >= 4 is 27.5 Å². The van der Waals surface area contributed by atoms with Crippen molar-refractivity contribution < 1.29 is 28.5 Å². The SMILES string of the molecule is CCCN1CCCC2(COc3nc(N4CCOCC(O)C4)c4cnc(-c5cc(O)cc6ccc(F)c(CC)c56)c(F)c4n3)CCCC12. The summed E-state index contributed by atoms with van der Waals surface area (Å²) in [4.78, 5) is 18.5. The van der Waals surface area contributed by atoms with E-state index < -0.39 is 17.7 Å². The molecule has 9 nitrogen and oxygen atoms in total. The van der Waals surface area contributed by atoms with Crippen molar-refractivity contribution in [1.29, 1.82) is 0 Å². The van der Waals surface area contributed by atoms with E-state index in [4.69, 9.17) is 14.5 Å². The molecule has 2 aromatic heterocycles. The number of aryl methyl sites for hydroxylation is 1. The third-order valence-electron chi connectivity index (χ3n) is 10.4. The van der Waals surface area contributed by atoms with Gasteiger partial charge in [0, 0.05) is 36.3 Å². The van der Waals surface area contributed by atoms with Gasteiger partial charge in [0.15, 0.2) is 5.82 Å². The molecule has 4 heterocycles. The van der Waals surface area contributed by atoms with E-state index in [2.05, 4.69) is 21.8 Å². The average Bonchev–Trinajstić information content (AvgIpc) is 3.38. The normalized spacial score (nSPS) is 23.7. The van der Waals surface area contributed by atoms with Crippen LogP contribution in [0, 0.1) is 17.0 Å². The van der Waals surface area contributed by atoms with Crippen LogP contribution in [0.1, 0.15) is 57.9 Å². The zero-order valence-electron chi connectivity index (χ0n) is 27.1. The summed E-state index contributed by atoms with van der Waals surface area (Å²) in [7, 11) is 0. The number of β-amino-alcohol motifs (C(OH)–C–C–N with tert-alkyl or cyclic N) is 1. The smallest absolute Gasteiger partial charge is 0.319 e. The van der Waals surface area contributed by atoms with E-state index in [9.17, 15) is 14.6 Å². The first-order valence-corrected chi connectivity index (χ1v) is 17.0. The third kappa shape index (κ3) is 5.87. The molecule has 3 atom stereocenters. The van der Waals surface area contributed by atoms with Gasteiger partial charge in [0.2, 0.25) is 0 Å². The number of anilines is 1. The predicted molar refractivity (Wildman–Crippen MR) is 177 cm³/mol. The van der Waals surface area contributed by atoms with Crippen molar-refractivity contribution in [2.75, 3.05) is 50.9 Å². The minimum absolute atomic E-state index is 0.0114. The minimum atomic E-state index is -0.755. The lowest BCUT2D eigenvalue weighted by molar-refractivity contribution is -0.000133. The number of hydrogen-bond acceptors (Lipinski definition) is 9. The summed E-state index contributed by atoms with van der Waals surface area (Å²) in [5.74, 6) is -0.793. The van der Waals surface area contributed by atoms with Crippen LogP contribution in [-0.4, -0.2) is 88.2 Å². The summed E-state index contributed by atoms with van der Waals surface area (Å²) in [5.41, 5.74) is 0.645. The molecule has 0 radical (unpaired) electrons. The molecule has 3 fully saturated rings. The number of piperidine rings is 1. The second-order valence-corrected chi connectivity index (χ2v) is 13.4. The van der Waals surface area contributed by atoms with Crippen LogP contribution in [0.3, 0.4) is 0 Å². The maximum Gasteiger partial charge on any atom is 0.319 e. The number of aliphatic hydroxyl groups is 1. The van der Waals surface area contributed by atoms with Gasteiger partial charge in [-0.05, 0) is 86.1 Å². The Morgan fingerprint density at radius 3 is 2.79 bits per heavy atom. The number of aliphatic hydroxyl groups excluding tert-OH is 1.